The summed E-state index contributed by atoms with van der Waals surface area (Å²) in [6.07, 6.45) is 0. The molecule has 0 heterocycles. The monoisotopic (exact) mass is 192 g/mol. The van der Waals surface area contributed by atoms with E-state index in [0.717, 1.165) is 0 Å². The molecule has 0 fully saturated rings. The van der Waals surface area contributed by atoms with E-state index in [4.69, 9.17) is 27.2 Å². The Hall–Kier alpha value is -0.280. The quantitative estimate of drug-likeness (QED) is 0.285. The Bertz CT molecular complexity index is 216. The second kappa shape index (κ2) is 5.50. The molecule has 0 amide bonds. The Morgan fingerprint density at radius 3 is 1.40 bits per heavy atom. The van der Waals surface area contributed by atoms with Crippen LogP contribution in [0.5, 0.6) is 0 Å². The maximum Gasteiger partial charge on any atom is 0.299 e. The molecule has 0 atom stereocenters. The molecule has 0 aromatic carbocycles. The fourth-order valence-corrected chi connectivity index (χ4v) is 0. The van der Waals surface area contributed by atoms with Crippen molar-refractivity contribution in [3.05, 3.63) is 0 Å². The molecule has 0 unspecified atom stereocenters. The summed E-state index contributed by atoms with van der Waals surface area (Å²) in [7, 11) is -4.22. The van der Waals surface area contributed by atoms with Crippen molar-refractivity contribution < 1.29 is 31.4 Å². The molecule has 4 N–H and O–H groups in total. The first-order valence-corrected chi connectivity index (χ1v) is 4.01. The smallest absolute Gasteiger partial charge is 0.285 e. The lowest BCUT2D eigenvalue weighted by Gasteiger charge is -1.73. The summed E-state index contributed by atoms with van der Waals surface area (Å²) in [4.78, 5) is 8.93. The molecule has 0 bridgehead atoms. The minimum Gasteiger partial charge on any atom is -0.285 e. The highest BCUT2D eigenvalue weighted by Gasteiger charge is 1.84. The molecule has 0 saturated carbocycles. The van der Waals surface area contributed by atoms with Gasteiger partial charge in [0, 0.05) is 0 Å². The van der Waals surface area contributed by atoms with E-state index >= 15 is 0 Å². The fourth-order valence-electron chi connectivity index (χ4n) is 0. The zero-order chi connectivity index (χ0) is 8.78. The Morgan fingerprint density at radius 2 is 1.40 bits per heavy atom. The molecule has 0 aliphatic rings. The van der Waals surface area contributed by atoms with Crippen molar-refractivity contribution in [2.45, 2.75) is 0 Å². The first-order valence-electron chi connectivity index (χ1n) is 1.47. The third-order valence-electron chi connectivity index (χ3n) is 0.109. The van der Waals surface area contributed by atoms with Crippen LogP contribution in [0.3, 0.4) is 0 Å². The van der Waals surface area contributed by atoms with E-state index in [1.165, 1.54) is 0 Å². The average Bonchev–Trinajstić information content (AvgIpc) is 1.63. The van der Waals surface area contributed by atoms with Crippen molar-refractivity contribution in [2.75, 3.05) is 0 Å². The third-order valence-corrected chi connectivity index (χ3v) is 0.326. The van der Waals surface area contributed by atoms with E-state index in [9.17, 15) is 4.21 Å². The van der Waals surface area contributed by atoms with Gasteiger partial charge >= 0.3 is 0 Å². The van der Waals surface area contributed by atoms with Crippen LogP contribution in [0.1, 0.15) is 0 Å². The van der Waals surface area contributed by atoms with Crippen LogP contribution in [0, 0.1) is 0 Å². The lowest BCUT2D eigenvalue weighted by atomic mass is 11.9. The summed E-state index contributed by atoms with van der Waals surface area (Å²) < 4.78 is 47.0. The molecular formula is CH4O7S2. The van der Waals surface area contributed by atoms with E-state index in [1.54, 1.807) is 0 Å². The summed E-state index contributed by atoms with van der Waals surface area (Å²) in [6.45, 7) is 0. The molecule has 62 valence electrons. The Kier molecular flexibility index (Phi) is 6.82. The second-order valence-corrected chi connectivity index (χ2v) is 2.43. The van der Waals surface area contributed by atoms with Gasteiger partial charge in [0.1, 0.15) is 0 Å². The molecule has 7 nitrogen and oxygen atoms in total. The highest BCUT2D eigenvalue weighted by Crippen LogP contribution is 1.62. The van der Waals surface area contributed by atoms with Gasteiger partial charge in [-0.2, -0.15) is 8.42 Å². The predicted octanol–water partition coefficient (Wildman–Crippen LogP) is -1.03. The standard InChI is InChI=1S/CH2O4S.H2O3S/c2-1-6(3,4)5;1-4(2)3/h(H2,3,4,5);(H2,1,2,3). The van der Waals surface area contributed by atoms with Crippen molar-refractivity contribution >= 4 is 26.7 Å². The van der Waals surface area contributed by atoms with Gasteiger partial charge in [-0.3, -0.25) is 18.2 Å². The van der Waals surface area contributed by atoms with Gasteiger partial charge in [0.05, 0.1) is 0 Å². The normalized spacial score (nSPS) is 9.70. The Labute approximate surface area is 58.8 Å². The summed E-state index contributed by atoms with van der Waals surface area (Å²) in [5, 5.41) is 0.493. The summed E-state index contributed by atoms with van der Waals surface area (Å²) in [6, 6.07) is 0. The largest absolute Gasteiger partial charge is 0.299 e. The first-order chi connectivity index (χ1) is 4.29. The van der Waals surface area contributed by atoms with E-state index < -0.39 is 21.4 Å². The van der Waals surface area contributed by atoms with Gasteiger partial charge in [-0.25, -0.2) is 4.79 Å². The molecular weight excluding hydrogens is 188 g/mol. The van der Waals surface area contributed by atoms with Crippen molar-refractivity contribution in [2.24, 2.45) is 0 Å². The number of hydrogen-bond acceptors (Lipinski definition) is 3. The zero-order valence-electron chi connectivity index (χ0n) is 4.33. The molecule has 9 heteroatoms. The number of carbonyl (C=O) groups excluding carboxylic acids is 1. The lowest BCUT2D eigenvalue weighted by Crippen LogP contribution is -1.91. The average molecular weight is 192 g/mol. The molecule has 0 rings (SSSR count). The maximum atomic E-state index is 9.24. The van der Waals surface area contributed by atoms with E-state index in [2.05, 4.69) is 0 Å². The summed E-state index contributed by atoms with van der Waals surface area (Å²) in [5.74, 6) is 0. The van der Waals surface area contributed by atoms with E-state index in [-0.39, 0.29) is 0 Å². The van der Waals surface area contributed by atoms with Crippen molar-refractivity contribution in [3.63, 3.8) is 0 Å². The fraction of sp³-hybridized carbons (Fsp3) is 0. The molecule has 0 aliphatic carbocycles. The second-order valence-electron chi connectivity index (χ2n) is 0.811. The van der Waals surface area contributed by atoms with Crippen molar-refractivity contribution in [1.82, 2.24) is 0 Å². The van der Waals surface area contributed by atoms with Crippen LogP contribution in [-0.2, 0) is 26.2 Å². The number of hydrogen-bond donors (Lipinski definition) is 4. The van der Waals surface area contributed by atoms with E-state index in [0.29, 0.717) is 5.23 Å². The van der Waals surface area contributed by atoms with Gasteiger partial charge in [0.2, 0.25) is 5.23 Å². The summed E-state index contributed by atoms with van der Waals surface area (Å²) in [5.41, 5.74) is 0. The van der Waals surface area contributed by atoms with E-state index in [1.807, 2.05) is 0 Å². The molecule has 0 aliphatic heterocycles. The van der Waals surface area contributed by atoms with Gasteiger partial charge in [0.15, 0.2) is 0 Å². The lowest BCUT2D eigenvalue weighted by molar-refractivity contribution is 0.443. The van der Waals surface area contributed by atoms with Gasteiger partial charge in [-0.05, 0) is 0 Å². The third kappa shape index (κ3) is 47.1. The van der Waals surface area contributed by atoms with Crippen LogP contribution in [0.15, 0.2) is 0 Å². The van der Waals surface area contributed by atoms with Crippen LogP contribution >= 0.6 is 0 Å². The van der Waals surface area contributed by atoms with Gasteiger partial charge < -0.3 is 0 Å². The van der Waals surface area contributed by atoms with Crippen molar-refractivity contribution in [3.8, 4) is 0 Å². The minimum atomic E-state index is -4.22. The van der Waals surface area contributed by atoms with Gasteiger partial charge in [-0.1, -0.05) is 0 Å². The number of rotatable bonds is 0. The van der Waals surface area contributed by atoms with Crippen molar-refractivity contribution in [1.29, 1.82) is 0 Å². The van der Waals surface area contributed by atoms with Crippen LogP contribution in [0.2, 0.25) is 0 Å². The van der Waals surface area contributed by atoms with Crippen LogP contribution in [0.25, 0.3) is 0 Å². The molecule has 0 saturated heterocycles. The van der Waals surface area contributed by atoms with Crippen LogP contribution in [-0.4, -0.2) is 31.9 Å². The van der Waals surface area contributed by atoms with Crippen LogP contribution in [0.4, 0.5) is 0 Å². The zero-order valence-corrected chi connectivity index (χ0v) is 5.96. The molecule has 0 aromatic rings. The molecule has 0 spiro atoms. The maximum absolute atomic E-state index is 9.24. The minimum absolute atomic E-state index is 0.493. The van der Waals surface area contributed by atoms with Gasteiger partial charge in [-0.15, -0.1) is 0 Å². The first kappa shape index (κ1) is 12.4. The SMILES string of the molecule is O=C=S(=O)(O)O.O=S(O)O. The Balaban J connectivity index is 0. The predicted molar refractivity (Wildman–Crippen MR) is 32.5 cm³/mol. The Morgan fingerprint density at radius 1 is 1.30 bits per heavy atom. The molecule has 0 radical (unpaired) electrons. The topological polar surface area (TPSA) is 132 Å². The highest BCUT2D eigenvalue weighted by molar-refractivity contribution is 7.90. The highest BCUT2D eigenvalue weighted by atomic mass is 32.2. The van der Waals surface area contributed by atoms with Crippen LogP contribution < -0.4 is 0 Å². The molecule has 0 aromatic heterocycles. The molecule has 10 heavy (non-hydrogen) atoms. The summed E-state index contributed by atoms with van der Waals surface area (Å²) >= 11 is -2.61. The van der Waals surface area contributed by atoms with Gasteiger partial charge in [0.25, 0.3) is 21.4 Å².